The first-order valence-corrected chi connectivity index (χ1v) is 11.9. The third-order valence-corrected chi connectivity index (χ3v) is 6.81. The van der Waals surface area contributed by atoms with Crippen LogP contribution in [-0.4, -0.2) is 75.0 Å². The number of nitrogens with one attached hydrogen (secondary N) is 2. The Morgan fingerprint density at radius 2 is 2.03 bits per heavy atom. The number of H-pyrrole nitrogens is 1. The monoisotopic (exact) mass is 517 g/mol. The van der Waals surface area contributed by atoms with Crippen LogP contribution < -0.4 is 10.1 Å². The van der Waals surface area contributed by atoms with Gasteiger partial charge >= 0.3 is 0 Å². The Balaban J connectivity index is 1.50. The summed E-state index contributed by atoms with van der Waals surface area (Å²) in [5, 5.41) is 11.3. The summed E-state index contributed by atoms with van der Waals surface area (Å²) in [7, 11) is 0. The smallest absolute Gasteiger partial charge is 0.286 e. The Bertz CT molecular complexity index is 1390. The van der Waals surface area contributed by atoms with E-state index in [1.165, 1.54) is 6.33 Å². The minimum atomic E-state index is -3.39. The lowest BCUT2D eigenvalue weighted by Crippen LogP contribution is -2.46. The second-order valence-electron chi connectivity index (χ2n) is 9.61. The van der Waals surface area contributed by atoms with Gasteiger partial charge in [0.15, 0.2) is 0 Å². The van der Waals surface area contributed by atoms with Crippen molar-refractivity contribution < 1.29 is 32.6 Å². The Labute approximate surface area is 210 Å². The van der Waals surface area contributed by atoms with Gasteiger partial charge in [-0.1, -0.05) is 6.07 Å². The molecule has 2 aromatic heterocycles. The van der Waals surface area contributed by atoms with Gasteiger partial charge in [-0.2, -0.15) is 0 Å². The first-order chi connectivity index (χ1) is 17.6. The highest BCUT2D eigenvalue weighted by Gasteiger charge is 2.50. The van der Waals surface area contributed by atoms with Crippen LogP contribution in [0.25, 0.3) is 22.3 Å². The predicted octanol–water partition coefficient (Wildman–Crippen LogP) is 2.74. The second-order valence-corrected chi connectivity index (χ2v) is 9.61. The van der Waals surface area contributed by atoms with Crippen molar-refractivity contribution in [2.24, 2.45) is 5.92 Å². The summed E-state index contributed by atoms with van der Waals surface area (Å²) < 4.78 is 50.4. The number of aromatic nitrogens is 3. The van der Waals surface area contributed by atoms with Gasteiger partial charge in [0, 0.05) is 12.2 Å². The van der Waals surface area contributed by atoms with Gasteiger partial charge in [-0.3, -0.25) is 9.59 Å². The van der Waals surface area contributed by atoms with Gasteiger partial charge in [-0.05, 0) is 44.2 Å². The molecule has 0 bridgehead atoms. The SMILES string of the molecule is Cc1ccc(OCC2CC2)c(-c2ncnc3c(C(=O)NC4CN(C(=O)CO)CC4(F)F)c(C)[nH]c23)c1F. The zero-order valence-corrected chi connectivity index (χ0v) is 20.3. The van der Waals surface area contributed by atoms with Crippen LogP contribution in [0.4, 0.5) is 13.2 Å². The summed E-state index contributed by atoms with van der Waals surface area (Å²) in [4.78, 5) is 37.2. The highest BCUT2D eigenvalue weighted by Crippen LogP contribution is 2.39. The number of halogens is 3. The molecule has 1 aliphatic heterocycles. The lowest BCUT2D eigenvalue weighted by molar-refractivity contribution is -0.134. The first kappa shape index (κ1) is 25.0. The molecule has 1 aromatic carbocycles. The third-order valence-electron chi connectivity index (χ3n) is 6.81. The maximum Gasteiger partial charge on any atom is 0.286 e. The van der Waals surface area contributed by atoms with Crippen LogP contribution in [0.5, 0.6) is 5.75 Å². The minimum Gasteiger partial charge on any atom is -0.492 e. The first-order valence-electron chi connectivity index (χ1n) is 11.9. The molecule has 3 N–H and O–H groups in total. The van der Waals surface area contributed by atoms with Gasteiger partial charge in [0.1, 0.15) is 41.8 Å². The zero-order chi connectivity index (χ0) is 26.5. The number of fused-ring (bicyclic) bond motifs is 1. The maximum absolute atomic E-state index is 15.4. The summed E-state index contributed by atoms with van der Waals surface area (Å²) in [6.07, 6.45) is 3.30. The number of hydrogen-bond acceptors (Lipinski definition) is 6. The summed E-state index contributed by atoms with van der Waals surface area (Å²) in [5.41, 5.74) is 1.43. The van der Waals surface area contributed by atoms with Crippen molar-refractivity contribution in [3.8, 4) is 17.0 Å². The average Bonchev–Trinajstić information content (AvgIpc) is 3.55. The van der Waals surface area contributed by atoms with E-state index in [9.17, 15) is 18.4 Å². The number of benzene rings is 1. The quantitative estimate of drug-likeness (QED) is 0.443. The number of rotatable bonds is 7. The molecule has 196 valence electrons. The van der Waals surface area contributed by atoms with E-state index < -0.39 is 49.3 Å². The van der Waals surface area contributed by atoms with Crippen LogP contribution in [0.2, 0.25) is 0 Å². The fraction of sp³-hybridized carbons (Fsp3) is 0.440. The number of carbonyl (C=O) groups excluding carboxylic acids is 2. The van der Waals surface area contributed by atoms with E-state index in [-0.39, 0.29) is 27.9 Å². The minimum absolute atomic E-state index is 0.00916. The Hall–Kier alpha value is -3.67. The highest BCUT2D eigenvalue weighted by molar-refractivity contribution is 6.09. The third kappa shape index (κ3) is 4.61. The molecular formula is C25H26F3N5O4. The molecule has 3 aromatic rings. The van der Waals surface area contributed by atoms with Crippen LogP contribution in [0, 0.1) is 25.6 Å². The maximum atomic E-state index is 15.4. The largest absolute Gasteiger partial charge is 0.492 e. The van der Waals surface area contributed by atoms with Crippen molar-refractivity contribution in [1.82, 2.24) is 25.2 Å². The Morgan fingerprint density at radius 3 is 2.73 bits per heavy atom. The van der Waals surface area contributed by atoms with E-state index in [0.29, 0.717) is 29.5 Å². The van der Waals surface area contributed by atoms with Crippen molar-refractivity contribution in [1.29, 1.82) is 0 Å². The number of hydrogen-bond donors (Lipinski definition) is 3. The number of likely N-dealkylation sites (tertiary alicyclic amines) is 1. The number of aryl methyl sites for hydroxylation is 2. The molecule has 12 heteroatoms. The number of ether oxygens (including phenoxy) is 1. The Kier molecular flexibility index (Phi) is 6.30. The molecule has 2 fully saturated rings. The van der Waals surface area contributed by atoms with Crippen molar-refractivity contribution >= 4 is 22.8 Å². The molecular weight excluding hydrogens is 491 g/mol. The molecule has 9 nitrogen and oxygen atoms in total. The van der Waals surface area contributed by atoms with Crippen molar-refractivity contribution in [3.05, 3.63) is 41.1 Å². The summed E-state index contributed by atoms with van der Waals surface area (Å²) >= 11 is 0. The molecule has 1 atom stereocenters. The van der Waals surface area contributed by atoms with Crippen molar-refractivity contribution in [2.75, 3.05) is 26.3 Å². The normalized spacial score (nSPS) is 18.9. The number of aliphatic hydroxyl groups excluding tert-OH is 1. The fourth-order valence-electron chi connectivity index (χ4n) is 4.54. The van der Waals surface area contributed by atoms with Crippen LogP contribution in [0.1, 0.15) is 34.5 Å². The van der Waals surface area contributed by atoms with Crippen LogP contribution >= 0.6 is 0 Å². The van der Waals surface area contributed by atoms with Crippen LogP contribution in [0.3, 0.4) is 0 Å². The number of carbonyl (C=O) groups is 2. The molecule has 2 aliphatic rings. The molecule has 3 heterocycles. The van der Waals surface area contributed by atoms with Gasteiger partial charge in [-0.25, -0.2) is 23.1 Å². The van der Waals surface area contributed by atoms with Crippen molar-refractivity contribution in [2.45, 2.75) is 38.7 Å². The van der Waals surface area contributed by atoms with Crippen LogP contribution in [0.15, 0.2) is 18.5 Å². The lowest BCUT2D eigenvalue weighted by Gasteiger charge is -2.18. The molecule has 0 spiro atoms. The molecule has 1 saturated heterocycles. The van der Waals surface area contributed by atoms with Gasteiger partial charge in [0.25, 0.3) is 11.8 Å². The van der Waals surface area contributed by atoms with Gasteiger partial charge in [0.2, 0.25) is 5.91 Å². The van der Waals surface area contributed by atoms with Gasteiger partial charge < -0.3 is 25.0 Å². The second kappa shape index (κ2) is 9.33. The topological polar surface area (TPSA) is 120 Å². The van der Waals surface area contributed by atoms with Crippen molar-refractivity contribution in [3.63, 3.8) is 0 Å². The zero-order valence-electron chi connectivity index (χ0n) is 20.3. The molecule has 5 rings (SSSR count). The number of aromatic amines is 1. The van der Waals surface area contributed by atoms with E-state index in [0.717, 1.165) is 17.7 Å². The van der Waals surface area contributed by atoms with E-state index in [1.807, 2.05) is 0 Å². The number of amides is 2. The Morgan fingerprint density at radius 1 is 1.27 bits per heavy atom. The lowest BCUT2D eigenvalue weighted by atomic mass is 10.0. The standard InChI is InChI=1S/C25H26F3N5O4/c1-12-3-6-15(37-9-14-4-5-14)19(20(12)26)22-23-21(29-11-30-22)18(13(2)31-23)24(36)32-16-7-33(17(35)8-34)10-25(16,27)28/h3,6,11,14,16,31,34H,4-5,7-10H2,1-2H3,(H,32,36). The number of alkyl halides is 2. The van der Waals surface area contributed by atoms with Crippen LogP contribution in [-0.2, 0) is 4.79 Å². The molecule has 1 unspecified atom stereocenters. The van der Waals surface area contributed by atoms with Gasteiger partial charge in [0.05, 0.1) is 29.8 Å². The molecule has 1 saturated carbocycles. The summed E-state index contributed by atoms with van der Waals surface area (Å²) in [6, 6.07) is 1.64. The molecule has 1 aliphatic carbocycles. The highest BCUT2D eigenvalue weighted by atomic mass is 19.3. The summed E-state index contributed by atoms with van der Waals surface area (Å²) in [5.74, 6) is -4.84. The summed E-state index contributed by atoms with van der Waals surface area (Å²) in [6.45, 7) is 1.38. The average molecular weight is 518 g/mol. The van der Waals surface area contributed by atoms with E-state index in [4.69, 9.17) is 9.84 Å². The number of nitrogens with zero attached hydrogens (tertiary/aromatic N) is 3. The van der Waals surface area contributed by atoms with E-state index >= 15 is 4.39 Å². The fourth-order valence-corrected chi connectivity index (χ4v) is 4.54. The van der Waals surface area contributed by atoms with E-state index in [1.54, 1.807) is 26.0 Å². The molecule has 37 heavy (non-hydrogen) atoms. The molecule has 0 radical (unpaired) electrons. The van der Waals surface area contributed by atoms with Gasteiger partial charge in [-0.15, -0.1) is 0 Å². The van der Waals surface area contributed by atoms with E-state index in [2.05, 4.69) is 20.3 Å². The molecule has 2 amide bonds. The predicted molar refractivity (Wildman–Crippen MR) is 127 cm³/mol. The number of aliphatic hydroxyl groups is 1.